The summed E-state index contributed by atoms with van der Waals surface area (Å²) in [7, 11) is 0. The highest BCUT2D eigenvalue weighted by atomic mass is 32.1. The summed E-state index contributed by atoms with van der Waals surface area (Å²) in [6, 6.07) is 19.7. The third-order valence-corrected chi connectivity index (χ3v) is 4.37. The zero-order valence-corrected chi connectivity index (χ0v) is 14.1. The van der Waals surface area contributed by atoms with Crippen LogP contribution in [0.25, 0.3) is 23.4 Å². The Balaban J connectivity index is 1.97. The van der Waals surface area contributed by atoms with Gasteiger partial charge in [0.1, 0.15) is 9.88 Å². The van der Waals surface area contributed by atoms with Gasteiger partial charge < -0.3 is 4.74 Å². The van der Waals surface area contributed by atoms with E-state index in [1.807, 2.05) is 72.8 Å². The molecule has 0 saturated carbocycles. The molecule has 3 rings (SSSR count). The minimum Gasteiger partial charge on any atom is -0.462 e. The maximum absolute atomic E-state index is 12.3. The number of thiazole rings is 1. The predicted octanol–water partition coefficient (Wildman–Crippen LogP) is 5.16. The van der Waals surface area contributed by atoms with E-state index in [9.17, 15) is 4.79 Å². The van der Waals surface area contributed by atoms with E-state index in [1.54, 1.807) is 6.92 Å². The number of esters is 1. The zero-order chi connectivity index (χ0) is 16.8. The molecule has 2 aromatic carbocycles. The summed E-state index contributed by atoms with van der Waals surface area (Å²) < 4.78 is 5.17. The molecule has 4 heteroatoms. The van der Waals surface area contributed by atoms with Gasteiger partial charge in [-0.2, -0.15) is 0 Å². The number of rotatable bonds is 5. The standard InChI is InChI=1S/C20H17NO2S/c1-2-23-20(22)19-18(16-11-7-4-8-12-16)21-17(24-19)14-13-15-9-5-3-6-10-15/h3-14H,2H2,1H3/b14-13+. The van der Waals surface area contributed by atoms with Gasteiger partial charge in [-0.1, -0.05) is 66.7 Å². The van der Waals surface area contributed by atoms with Gasteiger partial charge >= 0.3 is 5.97 Å². The Morgan fingerprint density at radius 2 is 1.71 bits per heavy atom. The summed E-state index contributed by atoms with van der Waals surface area (Å²) in [6.45, 7) is 2.15. The quantitative estimate of drug-likeness (QED) is 0.605. The van der Waals surface area contributed by atoms with Gasteiger partial charge in [-0.15, -0.1) is 11.3 Å². The molecule has 0 spiro atoms. The van der Waals surface area contributed by atoms with Crippen LogP contribution in [0.5, 0.6) is 0 Å². The summed E-state index contributed by atoms with van der Waals surface area (Å²) >= 11 is 1.35. The largest absolute Gasteiger partial charge is 0.462 e. The van der Waals surface area contributed by atoms with Crippen molar-refractivity contribution in [1.82, 2.24) is 4.98 Å². The molecule has 0 aliphatic carbocycles. The molecule has 0 amide bonds. The van der Waals surface area contributed by atoms with Crippen LogP contribution in [0.3, 0.4) is 0 Å². The van der Waals surface area contributed by atoms with Gasteiger partial charge in [-0.05, 0) is 18.6 Å². The van der Waals surface area contributed by atoms with Crippen molar-refractivity contribution in [3.63, 3.8) is 0 Å². The highest BCUT2D eigenvalue weighted by molar-refractivity contribution is 7.15. The van der Waals surface area contributed by atoms with Crippen molar-refractivity contribution in [1.29, 1.82) is 0 Å². The number of ether oxygens (including phenoxy) is 1. The lowest BCUT2D eigenvalue weighted by Crippen LogP contribution is -2.03. The van der Waals surface area contributed by atoms with E-state index in [2.05, 4.69) is 4.98 Å². The fraction of sp³-hybridized carbons (Fsp3) is 0.100. The van der Waals surface area contributed by atoms with Crippen molar-refractivity contribution >= 4 is 29.5 Å². The first kappa shape index (κ1) is 16.1. The van der Waals surface area contributed by atoms with Gasteiger partial charge in [0.25, 0.3) is 0 Å². The first-order chi connectivity index (χ1) is 11.8. The number of hydrogen-bond donors (Lipinski definition) is 0. The highest BCUT2D eigenvalue weighted by Gasteiger charge is 2.19. The Morgan fingerprint density at radius 3 is 2.38 bits per heavy atom. The van der Waals surface area contributed by atoms with E-state index in [-0.39, 0.29) is 5.97 Å². The molecule has 3 aromatic rings. The number of carbonyl (C=O) groups excluding carboxylic acids is 1. The lowest BCUT2D eigenvalue weighted by atomic mass is 10.1. The first-order valence-corrected chi connectivity index (χ1v) is 8.56. The molecule has 3 nitrogen and oxygen atoms in total. The van der Waals surface area contributed by atoms with Gasteiger partial charge in [0.15, 0.2) is 0 Å². The van der Waals surface area contributed by atoms with Crippen LogP contribution in [-0.4, -0.2) is 17.6 Å². The fourth-order valence-corrected chi connectivity index (χ4v) is 3.15. The zero-order valence-electron chi connectivity index (χ0n) is 13.3. The average molecular weight is 335 g/mol. The van der Waals surface area contributed by atoms with E-state index >= 15 is 0 Å². The third kappa shape index (κ3) is 3.78. The average Bonchev–Trinajstić information content (AvgIpc) is 3.06. The predicted molar refractivity (Wildman–Crippen MR) is 98.9 cm³/mol. The molecule has 0 fully saturated rings. The smallest absolute Gasteiger partial charge is 0.350 e. The number of aromatic nitrogens is 1. The second-order valence-electron chi connectivity index (χ2n) is 5.06. The molecule has 0 saturated heterocycles. The SMILES string of the molecule is CCOC(=O)c1sc(/C=C/c2ccccc2)nc1-c1ccccc1. The van der Waals surface area contributed by atoms with Crippen LogP contribution in [0.4, 0.5) is 0 Å². The summed E-state index contributed by atoms with van der Waals surface area (Å²) in [5.74, 6) is -0.326. The Morgan fingerprint density at radius 1 is 1.04 bits per heavy atom. The second-order valence-corrected chi connectivity index (χ2v) is 6.09. The van der Waals surface area contributed by atoms with E-state index in [4.69, 9.17) is 4.74 Å². The molecule has 0 unspecified atom stereocenters. The Bertz CT molecular complexity index is 839. The van der Waals surface area contributed by atoms with Crippen LogP contribution in [0.2, 0.25) is 0 Å². The van der Waals surface area contributed by atoms with Crippen LogP contribution >= 0.6 is 11.3 Å². The summed E-state index contributed by atoms with van der Waals surface area (Å²) in [4.78, 5) is 17.4. The van der Waals surface area contributed by atoms with E-state index in [1.165, 1.54) is 11.3 Å². The maximum atomic E-state index is 12.3. The summed E-state index contributed by atoms with van der Waals surface area (Å²) in [6.07, 6.45) is 3.91. The first-order valence-electron chi connectivity index (χ1n) is 7.74. The minimum atomic E-state index is -0.326. The number of carbonyl (C=O) groups is 1. The number of nitrogens with zero attached hydrogens (tertiary/aromatic N) is 1. The van der Waals surface area contributed by atoms with Crippen LogP contribution in [0, 0.1) is 0 Å². The van der Waals surface area contributed by atoms with Gasteiger partial charge in [-0.25, -0.2) is 9.78 Å². The normalized spacial score (nSPS) is 10.9. The Labute approximate surface area is 145 Å². The minimum absolute atomic E-state index is 0.326. The monoisotopic (exact) mass is 335 g/mol. The lowest BCUT2D eigenvalue weighted by Gasteiger charge is -2.01. The van der Waals surface area contributed by atoms with E-state index in [0.29, 0.717) is 17.2 Å². The van der Waals surface area contributed by atoms with Crippen LogP contribution in [0.1, 0.15) is 27.2 Å². The summed E-state index contributed by atoms with van der Waals surface area (Å²) in [5, 5.41) is 0.778. The van der Waals surface area contributed by atoms with Crippen molar-refractivity contribution in [2.24, 2.45) is 0 Å². The Kier molecular flexibility index (Phi) is 5.18. The molecule has 120 valence electrons. The van der Waals surface area contributed by atoms with Crippen LogP contribution in [-0.2, 0) is 4.74 Å². The third-order valence-electron chi connectivity index (χ3n) is 3.37. The second kappa shape index (κ2) is 7.70. The molecule has 1 heterocycles. The molecule has 24 heavy (non-hydrogen) atoms. The van der Waals surface area contributed by atoms with Gasteiger partial charge in [-0.3, -0.25) is 0 Å². The molecule has 1 aromatic heterocycles. The van der Waals surface area contributed by atoms with Gasteiger partial charge in [0.05, 0.1) is 12.3 Å². The summed E-state index contributed by atoms with van der Waals surface area (Å²) in [5.41, 5.74) is 2.68. The lowest BCUT2D eigenvalue weighted by molar-refractivity contribution is 0.0532. The molecule has 0 aliphatic heterocycles. The van der Waals surface area contributed by atoms with Crippen molar-refractivity contribution in [3.8, 4) is 11.3 Å². The molecule has 0 bridgehead atoms. The molecule has 0 aliphatic rings. The van der Waals surface area contributed by atoms with Crippen molar-refractivity contribution in [3.05, 3.63) is 76.1 Å². The van der Waals surface area contributed by atoms with Crippen LogP contribution < -0.4 is 0 Å². The number of hydrogen-bond acceptors (Lipinski definition) is 4. The van der Waals surface area contributed by atoms with Crippen molar-refractivity contribution in [2.45, 2.75) is 6.92 Å². The van der Waals surface area contributed by atoms with Crippen LogP contribution in [0.15, 0.2) is 60.7 Å². The topological polar surface area (TPSA) is 39.2 Å². The molecule has 0 N–H and O–H groups in total. The van der Waals surface area contributed by atoms with E-state index in [0.717, 1.165) is 16.1 Å². The van der Waals surface area contributed by atoms with Gasteiger partial charge in [0.2, 0.25) is 0 Å². The van der Waals surface area contributed by atoms with E-state index < -0.39 is 0 Å². The maximum Gasteiger partial charge on any atom is 0.350 e. The molecular weight excluding hydrogens is 318 g/mol. The fourth-order valence-electron chi connectivity index (χ4n) is 2.27. The van der Waals surface area contributed by atoms with Crippen molar-refractivity contribution in [2.75, 3.05) is 6.61 Å². The van der Waals surface area contributed by atoms with Crippen molar-refractivity contribution < 1.29 is 9.53 Å². The molecular formula is C20H17NO2S. The molecule has 0 atom stereocenters. The highest BCUT2D eigenvalue weighted by Crippen LogP contribution is 2.30. The molecule has 0 radical (unpaired) electrons. The Hall–Kier alpha value is -2.72. The number of benzene rings is 2. The van der Waals surface area contributed by atoms with Gasteiger partial charge in [0, 0.05) is 5.56 Å².